The molecule has 132 valence electrons. The number of unbranched alkanes of at least 4 members (excludes halogenated alkanes) is 11. The van der Waals surface area contributed by atoms with Gasteiger partial charge in [-0.05, 0) is 18.6 Å². The van der Waals surface area contributed by atoms with E-state index in [4.69, 9.17) is 9.30 Å². The summed E-state index contributed by atoms with van der Waals surface area (Å²) in [5, 5.41) is 0. The van der Waals surface area contributed by atoms with E-state index >= 15 is 0 Å². The van der Waals surface area contributed by atoms with Crippen LogP contribution in [0.5, 0.6) is 0 Å². The zero-order chi connectivity index (χ0) is 16.6. The van der Waals surface area contributed by atoms with E-state index in [2.05, 4.69) is 11.8 Å². The largest absolute Gasteiger partial charge is 0.457 e. The molecule has 0 bridgehead atoms. The van der Waals surface area contributed by atoms with Crippen LogP contribution in [-0.2, 0) is 9.78 Å². The summed E-state index contributed by atoms with van der Waals surface area (Å²) >= 11 is 0. The highest BCUT2D eigenvalue weighted by Gasteiger charge is 2.10. The summed E-state index contributed by atoms with van der Waals surface area (Å²) in [6.07, 6.45) is 17.0. The van der Waals surface area contributed by atoms with Crippen LogP contribution in [0.4, 0.5) is 0 Å². The van der Waals surface area contributed by atoms with Gasteiger partial charge in [-0.2, -0.15) is 4.89 Å². The maximum atomic E-state index is 11.4. The zero-order valence-corrected chi connectivity index (χ0v) is 14.6. The first kappa shape index (κ1) is 19.8. The average molecular weight is 324 g/mol. The first-order chi connectivity index (χ1) is 11.3. The van der Waals surface area contributed by atoms with Crippen molar-refractivity contribution < 1.29 is 19.0 Å². The number of furan rings is 1. The maximum absolute atomic E-state index is 11.4. The van der Waals surface area contributed by atoms with Crippen LogP contribution in [0.3, 0.4) is 0 Å². The highest BCUT2D eigenvalue weighted by atomic mass is 17.2. The minimum Gasteiger partial charge on any atom is -0.457 e. The molecule has 0 aliphatic carbocycles. The number of carbonyl (C=O) groups is 1. The summed E-state index contributed by atoms with van der Waals surface area (Å²) in [6, 6.07) is 3.19. The van der Waals surface area contributed by atoms with Crippen molar-refractivity contribution in [1.82, 2.24) is 0 Å². The van der Waals surface area contributed by atoms with Crippen LogP contribution < -0.4 is 0 Å². The van der Waals surface area contributed by atoms with Crippen LogP contribution in [0.25, 0.3) is 0 Å². The van der Waals surface area contributed by atoms with Gasteiger partial charge >= 0.3 is 5.97 Å². The van der Waals surface area contributed by atoms with Crippen LogP contribution in [-0.4, -0.2) is 12.6 Å². The Bertz CT molecular complexity index is 373. The first-order valence-corrected chi connectivity index (χ1v) is 9.22. The van der Waals surface area contributed by atoms with E-state index in [0.29, 0.717) is 6.61 Å². The lowest BCUT2D eigenvalue weighted by Gasteiger charge is -2.03. The molecule has 0 amide bonds. The lowest BCUT2D eigenvalue weighted by atomic mass is 10.1. The van der Waals surface area contributed by atoms with Gasteiger partial charge in [0.1, 0.15) is 0 Å². The molecule has 0 aliphatic rings. The molecular weight excluding hydrogens is 292 g/mol. The topological polar surface area (TPSA) is 48.7 Å². The fraction of sp³-hybridized carbons (Fsp3) is 0.737. The number of rotatable bonds is 15. The molecule has 23 heavy (non-hydrogen) atoms. The third-order valence-corrected chi connectivity index (χ3v) is 3.94. The fourth-order valence-electron chi connectivity index (χ4n) is 2.53. The molecule has 0 saturated heterocycles. The minimum absolute atomic E-state index is 0.166. The van der Waals surface area contributed by atoms with Crippen LogP contribution in [0.2, 0.25) is 0 Å². The number of carbonyl (C=O) groups excluding carboxylic acids is 1. The third kappa shape index (κ3) is 11.0. The van der Waals surface area contributed by atoms with Crippen molar-refractivity contribution >= 4 is 5.97 Å². The predicted molar refractivity (Wildman–Crippen MR) is 91.2 cm³/mol. The Morgan fingerprint density at radius 1 is 0.913 bits per heavy atom. The first-order valence-electron chi connectivity index (χ1n) is 9.22. The average Bonchev–Trinajstić information content (AvgIpc) is 3.09. The van der Waals surface area contributed by atoms with Gasteiger partial charge in [0.05, 0.1) is 12.9 Å². The summed E-state index contributed by atoms with van der Waals surface area (Å²) in [5.74, 6) is -0.409. The van der Waals surface area contributed by atoms with E-state index in [1.165, 1.54) is 70.5 Å². The van der Waals surface area contributed by atoms with Crippen molar-refractivity contribution in [2.75, 3.05) is 6.61 Å². The summed E-state index contributed by atoms with van der Waals surface area (Å²) < 4.78 is 4.91. The van der Waals surface area contributed by atoms with E-state index in [1.54, 1.807) is 12.1 Å². The summed E-state index contributed by atoms with van der Waals surface area (Å²) in [5.41, 5.74) is 0. The summed E-state index contributed by atoms with van der Waals surface area (Å²) in [6.45, 7) is 2.71. The Hall–Kier alpha value is -1.29. The second-order valence-corrected chi connectivity index (χ2v) is 6.06. The van der Waals surface area contributed by atoms with Gasteiger partial charge in [0.25, 0.3) is 0 Å². The van der Waals surface area contributed by atoms with Crippen molar-refractivity contribution in [3.05, 3.63) is 24.2 Å². The van der Waals surface area contributed by atoms with E-state index in [0.717, 1.165) is 12.8 Å². The molecule has 4 heteroatoms. The molecule has 1 aromatic heterocycles. The van der Waals surface area contributed by atoms with Crippen molar-refractivity contribution in [3.8, 4) is 0 Å². The van der Waals surface area contributed by atoms with Crippen molar-refractivity contribution in [2.24, 2.45) is 0 Å². The molecule has 1 rings (SSSR count). The van der Waals surface area contributed by atoms with E-state index in [9.17, 15) is 4.79 Å². The highest BCUT2D eigenvalue weighted by Crippen LogP contribution is 2.12. The van der Waals surface area contributed by atoms with Crippen LogP contribution in [0.15, 0.2) is 22.8 Å². The molecule has 0 radical (unpaired) electrons. The van der Waals surface area contributed by atoms with Crippen LogP contribution in [0.1, 0.15) is 94.5 Å². The predicted octanol–water partition coefficient (Wildman–Crippen LogP) is 6.07. The minimum atomic E-state index is -0.575. The highest BCUT2D eigenvalue weighted by molar-refractivity contribution is 5.85. The van der Waals surface area contributed by atoms with Gasteiger partial charge in [-0.15, -0.1) is 0 Å². The molecule has 0 atom stereocenters. The Kier molecular flexibility index (Phi) is 12.3. The Morgan fingerprint density at radius 2 is 1.48 bits per heavy atom. The molecule has 0 N–H and O–H groups in total. The van der Waals surface area contributed by atoms with Gasteiger partial charge in [0, 0.05) is 0 Å². The normalized spacial score (nSPS) is 10.8. The Balaban J connectivity index is 1.76. The van der Waals surface area contributed by atoms with Gasteiger partial charge in [-0.1, -0.05) is 77.6 Å². The van der Waals surface area contributed by atoms with Gasteiger partial charge in [-0.25, -0.2) is 4.79 Å². The van der Waals surface area contributed by atoms with Gasteiger partial charge < -0.3 is 4.42 Å². The third-order valence-electron chi connectivity index (χ3n) is 3.94. The molecule has 1 heterocycles. The second-order valence-electron chi connectivity index (χ2n) is 6.06. The summed E-state index contributed by atoms with van der Waals surface area (Å²) in [4.78, 5) is 20.9. The van der Waals surface area contributed by atoms with Crippen molar-refractivity contribution in [2.45, 2.75) is 84.0 Å². The van der Waals surface area contributed by atoms with Gasteiger partial charge in [0.2, 0.25) is 5.76 Å². The number of hydrogen-bond donors (Lipinski definition) is 0. The van der Waals surface area contributed by atoms with Crippen molar-refractivity contribution in [1.29, 1.82) is 0 Å². The molecule has 0 aliphatic heterocycles. The van der Waals surface area contributed by atoms with Crippen LogP contribution in [0, 0.1) is 0 Å². The molecule has 0 unspecified atom stereocenters. The quantitative estimate of drug-likeness (QED) is 0.223. The van der Waals surface area contributed by atoms with E-state index < -0.39 is 5.97 Å². The molecule has 0 fully saturated rings. The fourth-order valence-corrected chi connectivity index (χ4v) is 2.53. The summed E-state index contributed by atoms with van der Waals surface area (Å²) in [7, 11) is 0. The van der Waals surface area contributed by atoms with Crippen molar-refractivity contribution in [3.63, 3.8) is 0 Å². The number of hydrogen-bond acceptors (Lipinski definition) is 4. The Labute approximate surface area is 140 Å². The maximum Gasteiger partial charge on any atom is 0.407 e. The zero-order valence-electron chi connectivity index (χ0n) is 14.6. The van der Waals surface area contributed by atoms with Gasteiger partial charge in [-0.3, -0.25) is 4.89 Å². The molecular formula is C19H32O4. The Morgan fingerprint density at radius 3 is 2.00 bits per heavy atom. The molecule has 4 nitrogen and oxygen atoms in total. The molecule has 0 saturated carbocycles. The molecule has 0 aromatic carbocycles. The second kappa shape index (κ2) is 14.3. The molecule has 0 spiro atoms. The monoisotopic (exact) mass is 324 g/mol. The van der Waals surface area contributed by atoms with E-state index in [-0.39, 0.29) is 5.76 Å². The SMILES string of the molecule is CCCCCCCCCCCCCCOOC(=O)c1ccco1. The van der Waals surface area contributed by atoms with Crippen LogP contribution >= 0.6 is 0 Å². The standard InChI is InChI=1S/C19H32O4/c1-2-3-4-5-6-7-8-9-10-11-12-13-17-22-23-19(20)18-15-14-16-21-18/h14-16H,2-13,17H2,1H3. The smallest absolute Gasteiger partial charge is 0.407 e. The van der Waals surface area contributed by atoms with Gasteiger partial charge in [0.15, 0.2) is 0 Å². The lowest BCUT2D eigenvalue weighted by molar-refractivity contribution is -0.242. The molecule has 1 aromatic rings. The lowest BCUT2D eigenvalue weighted by Crippen LogP contribution is -2.05. The van der Waals surface area contributed by atoms with E-state index in [1.807, 2.05) is 0 Å².